The second-order valence-corrected chi connectivity index (χ2v) is 7.45. The minimum Gasteiger partial charge on any atom is -0.343 e. The molecule has 0 spiro atoms. The van der Waals surface area contributed by atoms with Crippen molar-refractivity contribution >= 4 is 17.7 Å². The predicted molar refractivity (Wildman–Crippen MR) is 103 cm³/mol. The summed E-state index contributed by atoms with van der Waals surface area (Å²) in [5.74, 6) is 1.37. The van der Waals surface area contributed by atoms with Gasteiger partial charge in [0.05, 0.1) is 5.54 Å². The van der Waals surface area contributed by atoms with Gasteiger partial charge in [-0.15, -0.1) is 0 Å². The summed E-state index contributed by atoms with van der Waals surface area (Å²) in [5, 5.41) is 0. The summed E-state index contributed by atoms with van der Waals surface area (Å²) in [4.78, 5) is 11.9. The molecule has 0 fully saturated rings. The maximum atomic E-state index is 4.90. The van der Waals surface area contributed by atoms with Gasteiger partial charge in [0, 0.05) is 19.0 Å². The molecule has 0 amide bonds. The fourth-order valence-corrected chi connectivity index (χ4v) is 3.44. The Balaban J connectivity index is 2.16. The van der Waals surface area contributed by atoms with Crippen molar-refractivity contribution in [3.8, 4) is 0 Å². The van der Waals surface area contributed by atoms with Crippen LogP contribution in [-0.2, 0) is 5.54 Å². The van der Waals surface area contributed by atoms with E-state index < -0.39 is 0 Å². The van der Waals surface area contributed by atoms with Gasteiger partial charge in [0.25, 0.3) is 0 Å². The van der Waals surface area contributed by atoms with Crippen LogP contribution in [0.3, 0.4) is 0 Å². The summed E-state index contributed by atoms with van der Waals surface area (Å²) in [6, 6.07) is 8.69. The number of aliphatic imine (C=N–C) groups is 1. The SMILES string of the molecule is Cc1cc(C)c(C)c(C2(C)C=Nc3ccc(C(C)C)nc3N2C)c1. The Labute approximate surface area is 145 Å². The van der Waals surface area contributed by atoms with Gasteiger partial charge in [-0.25, -0.2) is 4.98 Å². The fraction of sp³-hybridized carbons (Fsp3) is 0.429. The van der Waals surface area contributed by atoms with Gasteiger partial charge in [0.15, 0.2) is 5.82 Å². The number of aryl methyl sites for hydroxylation is 2. The van der Waals surface area contributed by atoms with Gasteiger partial charge in [0.1, 0.15) is 5.69 Å². The van der Waals surface area contributed by atoms with E-state index in [2.05, 4.69) is 84.0 Å². The van der Waals surface area contributed by atoms with Crippen LogP contribution in [0.1, 0.15) is 54.6 Å². The van der Waals surface area contributed by atoms with Crippen LogP contribution < -0.4 is 4.90 Å². The maximum Gasteiger partial charge on any atom is 0.155 e. The number of aromatic nitrogens is 1. The van der Waals surface area contributed by atoms with E-state index in [1.54, 1.807) is 0 Å². The first-order chi connectivity index (χ1) is 11.2. The molecule has 126 valence electrons. The molecule has 0 radical (unpaired) electrons. The Hall–Kier alpha value is -2.16. The number of pyridine rings is 1. The quantitative estimate of drug-likeness (QED) is 0.761. The molecule has 2 aromatic rings. The van der Waals surface area contributed by atoms with Gasteiger partial charge in [-0.1, -0.05) is 31.5 Å². The van der Waals surface area contributed by atoms with Crippen molar-refractivity contribution in [2.75, 3.05) is 11.9 Å². The molecule has 0 aliphatic carbocycles. The first kappa shape index (κ1) is 16.7. The zero-order valence-electron chi connectivity index (χ0n) is 15.8. The van der Waals surface area contributed by atoms with Gasteiger partial charge < -0.3 is 4.90 Å². The molecule has 1 aliphatic rings. The molecule has 3 rings (SSSR count). The zero-order chi connectivity index (χ0) is 17.6. The molecule has 0 saturated heterocycles. The Bertz CT molecular complexity index is 820. The minimum absolute atomic E-state index is 0.295. The zero-order valence-corrected chi connectivity index (χ0v) is 15.8. The number of hydrogen-bond acceptors (Lipinski definition) is 3. The molecule has 0 saturated carbocycles. The van der Waals surface area contributed by atoms with Crippen LogP contribution in [0.25, 0.3) is 0 Å². The van der Waals surface area contributed by atoms with E-state index in [9.17, 15) is 0 Å². The smallest absolute Gasteiger partial charge is 0.155 e. The number of rotatable bonds is 2. The summed E-state index contributed by atoms with van der Waals surface area (Å²) in [7, 11) is 2.12. The van der Waals surface area contributed by atoms with E-state index in [1.165, 1.54) is 22.3 Å². The number of fused-ring (bicyclic) bond motifs is 1. The summed E-state index contributed by atoms with van der Waals surface area (Å²) in [6.07, 6.45) is 2.06. The van der Waals surface area contributed by atoms with Gasteiger partial charge in [-0.2, -0.15) is 0 Å². The molecule has 1 aliphatic heterocycles. The molecule has 0 N–H and O–H groups in total. The molecule has 24 heavy (non-hydrogen) atoms. The molecule has 1 unspecified atom stereocenters. The van der Waals surface area contributed by atoms with E-state index in [0.717, 1.165) is 17.2 Å². The van der Waals surface area contributed by atoms with E-state index in [0.29, 0.717) is 5.92 Å². The third kappa shape index (κ3) is 2.52. The Morgan fingerprint density at radius 2 is 1.79 bits per heavy atom. The molecular weight excluding hydrogens is 294 g/mol. The van der Waals surface area contributed by atoms with Gasteiger partial charge in [-0.05, 0) is 62.4 Å². The minimum atomic E-state index is -0.295. The van der Waals surface area contributed by atoms with Crippen LogP contribution in [0.2, 0.25) is 0 Å². The Morgan fingerprint density at radius 3 is 2.46 bits per heavy atom. The third-order valence-corrected chi connectivity index (χ3v) is 5.29. The van der Waals surface area contributed by atoms with Crippen molar-refractivity contribution in [1.82, 2.24) is 4.98 Å². The molecule has 0 bridgehead atoms. The Morgan fingerprint density at radius 1 is 1.08 bits per heavy atom. The first-order valence-electron chi connectivity index (χ1n) is 8.62. The lowest BCUT2D eigenvalue weighted by Crippen LogP contribution is -2.45. The molecule has 3 heteroatoms. The maximum absolute atomic E-state index is 4.90. The monoisotopic (exact) mass is 321 g/mol. The van der Waals surface area contributed by atoms with Crippen molar-refractivity contribution in [2.24, 2.45) is 4.99 Å². The van der Waals surface area contributed by atoms with Crippen molar-refractivity contribution in [2.45, 2.75) is 53.0 Å². The molecular formula is C21H27N3. The van der Waals surface area contributed by atoms with Crippen molar-refractivity contribution in [1.29, 1.82) is 0 Å². The number of benzene rings is 1. The lowest BCUT2D eigenvalue weighted by Gasteiger charge is -2.41. The molecule has 1 aromatic heterocycles. The normalized spacial score (nSPS) is 19.8. The average molecular weight is 321 g/mol. The van der Waals surface area contributed by atoms with E-state index >= 15 is 0 Å². The largest absolute Gasteiger partial charge is 0.343 e. The highest BCUT2D eigenvalue weighted by molar-refractivity contribution is 5.87. The second-order valence-electron chi connectivity index (χ2n) is 7.45. The lowest BCUT2D eigenvalue weighted by molar-refractivity contribution is 0.612. The van der Waals surface area contributed by atoms with Gasteiger partial charge in [0.2, 0.25) is 0 Å². The first-order valence-corrected chi connectivity index (χ1v) is 8.62. The fourth-order valence-electron chi connectivity index (χ4n) is 3.44. The summed E-state index contributed by atoms with van der Waals surface area (Å²) in [6.45, 7) is 13.1. The van der Waals surface area contributed by atoms with E-state index in [4.69, 9.17) is 9.98 Å². The van der Waals surface area contributed by atoms with E-state index in [-0.39, 0.29) is 5.54 Å². The standard InChI is InChI=1S/C21H27N3/c1-13(2)18-8-9-19-20(23-18)24(7)21(6,12-22-19)17-11-14(3)10-15(4)16(17)5/h8-13H,1-7H3. The lowest BCUT2D eigenvalue weighted by atomic mass is 9.84. The number of hydrogen-bond donors (Lipinski definition) is 0. The predicted octanol–water partition coefficient (Wildman–Crippen LogP) is 5.20. The molecule has 1 aromatic carbocycles. The van der Waals surface area contributed by atoms with E-state index in [1.807, 2.05) is 0 Å². The van der Waals surface area contributed by atoms with Gasteiger partial charge >= 0.3 is 0 Å². The number of nitrogens with zero attached hydrogens (tertiary/aromatic N) is 3. The summed E-state index contributed by atoms with van der Waals surface area (Å²) >= 11 is 0. The molecule has 3 nitrogen and oxygen atoms in total. The Kier molecular flexibility index (Phi) is 3.98. The van der Waals surface area contributed by atoms with Crippen molar-refractivity contribution < 1.29 is 0 Å². The second kappa shape index (κ2) is 5.73. The van der Waals surface area contributed by atoms with Crippen LogP contribution >= 0.6 is 0 Å². The molecule has 2 heterocycles. The van der Waals surface area contributed by atoms with Gasteiger partial charge in [-0.3, -0.25) is 4.99 Å². The third-order valence-electron chi connectivity index (χ3n) is 5.29. The van der Waals surface area contributed by atoms with Crippen molar-refractivity contribution in [3.05, 3.63) is 52.2 Å². The highest BCUT2D eigenvalue weighted by Crippen LogP contribution is 2.41. The van der Waals surface area contributed by atoms with Crippen LogP contribution in [0.15, 0.2) is 29.3 Å². The summed E-state index contributed by atoms with van der Waals surface area (Å²) < 4.78 is 0. The van der Waals surface area contributed by atoms with Crippen LogP contribution in [-0.4, -0.2) is 18.2 Å². The number of anilines is 1. The van der Waals surface area contributed by atoms with Crippen LogP contribution in [0.5, 0.6) is 0 Å². The van der Waals surface area contributed by atoms with Crippen molar-refractivity contribution in [3.63, 3.8) is 0 Å². The topological polar surface area (TPSA) is 28.5 Å². The highest BCUT2D eigenvalue weighted by Gasteiger charge is 2.36. The highest BCUT2D eigenvalue weighted by atomic mass is 15.3. The van der Waals surface area contributed by atoms with Crippen LogP contribution in [0.4, 0.5) is 11.5 Å². The molecule has 1 atom stereocenters. The van der Waals surface area contributed by atoms with Crippen LogP contribution in [0, 0.1) is 20.8 Å². The average Bonchev–Trinajstić information content (AvgIpc) is 2.54. The summed E-state index contributed by atoms with van der Waals surface area (Å²) in [5.41, 5.74) is 6.99.